The Labute approximate surface area is 109 Å². The van der Waals surface area contributed by atoms with E-state index in [2.05, 4.69) is 0 Å². The summed E-state index contributed by atoms with van der Waals surface area (Å²) in [5.74, 6) is 0. The monoisotopic (exact) mass is 272 g/mol. The molecule has 1 heterocycles. The average Bonchev–Trinajstić information content (AvgIpc) is 2.40. The highest BCUT2D eigenvalue weighted by molar-refractivity contribution is 7.99. The highest BCUT2D eigenvalue weighted by atomic mass is 32.2. The van der Waals surface area contributed by atoms with E-state index in [1.54, 1.807) is 0 Å². The summed E-state index contributed by atoms with van der Waals surface area (Å²) in [4.78, 5) is 0.877. The molecular weight excluding hydrogens is 256 g/mol. The van der Waals surface area contributed by atoms with E-state index < -0.39 is 36.5 Å². The molecule has 5 atom stereocenters. The van der Waals surface area contributed by atoms with E-state index in [0.717, 1.165) is 4.90 Å². The maximum atomic E-state index is 9.85. The van der Waals surface area contributed by atoms with Crippen LogP contribution in [0.5, 0.6) is 0 Å². The molecule has 0 aliphatic carbocycles. The highest BCUT2D eigenvalue weighted by Gasteiger charge is 2.43. The van der Waals surface area contributed by atoms with Crippen LogP contribution in [0.2, 0.25) is 0 Å². The first-order valence-electron chi connectivity index (χ1n) is 5.65. The van der Waals surface area contributed by atoms with Crippen LogP contribution in [0.4, 0.5) is 0 Å². The number of hydrogen-bond acceptors (Lipinski definition) is 6. The standard InChI is InChI=1S/C12H16O5S/c13-6-8-9(14)10(15)11(16)12(17-8)18-7-4-2-1-3-5-7/h1-5,8-16H,6H2/t8?,9-,10-,11?,12+/m0/s1. The molecule has 1 aromatic rings. The molecule has 18 heavy (non-hydrogen) atoms. The third-order valence-electron chi connectivity index (χ3n) is 2.84. The molecule has 100 valence electrons. The van der Waals surface area contributed by atoms with Crippen molar-refractivity contribution < 1.29 is 25.2 Å². The van der Waals surface area contributed by atoms with Crippen molar-refractivity contribution in [2.45, 2.75) is 34.7 Å². The van der Waals surface area contributed by atoms with Crippen LogP contribution < -0.4 is 0 Å². The Balaban J connectivity index is 2.08. The summed E-state index contributed by atoms with van der Waals surface area (Å²) in [6.45, 7) is -0.406. The summed E-state index contributed by atoms with van der Waals surface area (Å²) in [6, 6.07) is 9.29. The first-order valence-corrected chi connectivity index (χ1v) is 6.53. The molecule has 0 bridgehead atoms. The zero-order chi connectivity index (χ0) is 13.1. The fourth-order valence-corrected chi connectivity index (χ4v) is 2.88. The molecule has 2 unspecified atom stereocenters. The topological polar surface area (TPSA) is 90.2 Å². The largest absolute Gasteiger partial charge is 0.394 e. The second kappa shape index (κ2) is 6.01. The third kappa shape index (κ3) is 2.85. The molecule has 0 amide bonds. The number of hydrogen-bond donors (Lipinski definition) is 4. The van der Waals surface area contributed by atoms with Crippen molar-refractivity contribution in [3.05, 3.63) is 30.3 Å². The van der Waals surface area contributed by atoms with E-state index in [9.17, 15) is 15.3 Å². The Morgan fingerprint density at radius 2 is 1.67 bits per heavy atom. The minimum absolute atomic E-state index is 0.406. The lowest BCUT2D eigenvalue weighted by Gasteiger charge is -2.39. The van der Waals surface area contributed by atoms with Crippen LogP contribution in [-0.2, 0) is 4.74 Å². The number of thioether (sulfide) groups is 1. The molecule has 0 spiro atoms. The molecule has 1 aromatic carbocycles. The molecule has 0 radical (unpaired) electrons. The molecular formula is C12H16O5S. The van der Waals surface area contributed by atoms with Crippen molar-refractivity contribution >= 4 is 11.8 Å². The molecule has 1 aliphatic rings. The Kier molecular flexibility index (Phi) is 4.60. The SMILES string of the molecule is OCC1O[C@H](Sc2ccccc2)C(O)[C@@H](O)[C@H]1O. The van der Waals surface area contributed by atoms with Crippen LogP contribution in [-0.4, -0.2) is 56.9 Å². The maximum absolute atomic E-state index is 9.85. The summed E-state index contributed by atoms with van der Waals surface area (Å²) in [5.41, 5.74) is -0.719. The van der Waals surface area contributed by atoms with E-state index in [1.165, 1.54) is 11.8 Å². The van der Waals surface area contributed by atoms with Gasteiger partial charge in [-0.1, -0.05) is 30.0 Å². The zero-order valence-corrected chi connectivity index (χ0v) is 10.4. The lowest BCUT2D eigenvalue weighted by atomic mass is 10.0. The minimum Gasteiger partial charge on any atom is -0.394 e. The highest BCUT2D eigenvalue weighted by Crippen LogP contribution is 2.32. The zero-order valence-electron chi connectivity index (χ0n) is 9.59. The van der Waals surface area contributed by atoms with Crippen LogP contribution >= 0.6 is 11.8 Å². The van der Waals surface area contributed by atoms with E-state index >= 15 is 0 Å². The van der Waals surface area contributed by atoms with Gasteiger partial charge < -0.3 is 25.2 Å². The Morgan fingerprint density at radius 3 is 2.28 bits per heavy atom. The van der Waals surface area contributed by atoms with Crippen LogP contribution in [0.1, 0.15) is 0 Å². The van der Waals surface area contributed by atoms with Crippen LogP contribution in [0, 0.1) is 0 Å². The molecule has 1 fully saturated rings. The van der Waals surface area contributed by atoms with Crippen molar-refractivity contribution in [1.82, 2.24) is 0 Å². The van der Waals surface area contributed by atoms with Gasteiger partial charge >= 0.3 is 0 Å². The number of rotatable bonds is 3. The van der Waals surface area contributed by atoms with Gasteiger partial charge in [-0.2, -0.15) is 0 Å². The van der Waals surface area contributed by atoms with Gasteiger partial charge in [-0.05, 0) is 12.1 Å². The van der Waals surface area contributed by atoms with Crippen molar-refractivity contribution in [2.24, 2.45) is 0 Å². The molecule has 0 saturated carbocycles. The molecule has 2 rings (SSSR count). The van der Waals surface area contributed by atoms with Gasteiger partial charge in [-0.25, -0.2) is 0 Å². The predicted molar refractivity (Wildman–Crippen MR) is 66.1 cm³/mol. The van der Waals surface area contributed by atoms with Gasteiger partial charge in [0.15, 0.2) is 0 Å². The number of aliphatic hydroxyl groups excluding tert-OH is 4. The Morgan fingerprint density at radius 1 is 1.00 bits per heavy atom. The molecule has 1 aliphatic heterocycles. The summed E-state index contributed by atoms with van der Waals surface area (Å²) < 4.78 is 5.39. The van der Waals surface area contributed by atoms with Crippen LogP contribution in [0.3, 0.4) is 0 Å². The Bertz CT molecular complexity index is 372. The molecule has 5 nitrogen and oxygen atoms in total. The van der Waals surface area contributed by atoms with Gasteiger partial charge in [-0.15, -0.1) is 0 Å². The fourth-order valence-electron chi connectivity index (χ4n) is 1.80. The normalized spacial score (nSPS) is 36.6. The van der Waals surface area contributed by atoms with Crippen LogP contribution in [0.15, 0.2) is 35.2 Å². The van der Waals surface area contributed by atoms with Gasteiger partial charge in [0.2, 0.25) is 0 Å². The first kappa shape index (κ1) is 13.8. The van der Waals surface area contributed by atoms with E-state index in [0.29, 0.717) is 0 Å². The summed E-state index contributed by atoms with van der Waals surface area (Å²) in [6.07, 6.45) is -4.69. The summed E-state index contributed by atoms with van der Waals surface area (Å²) in [5, 5.41) is 38.2. The summed E-state index contributed by atoms with van der Waals surface area (Å²) >= 11 is 1.24. The van der Waals surface area contributed by atoms with E-state index in [1.807, 2.05) is 30.3 Å². The van der Waals surface area contributed by atoms with Crippen LogP contribution in [0.25, 0.3) is 0 Å². The second-order valence-corrected chi connectivity index (χ2v) is 5.30. The predicted octanol–water partition coefficient (Wildman–Crippen LogP) is -0.421. The van der Waals surface area contributed by atoms with Crippen molar-refractivity contribution in [3.63, 3.8) is 0 Å². The fraction of sp³-hybridized carbons (Fsp3) is 0.500. The van der Waals surface area contributed by atoms with Gasteiger partial charge in [0.05, 0.1) is 6.61 Å². The smallest absolute Gasteiger partial charge is 0.136 e. The quantitative estimate of drug-likeness (QED) is 0.597. The number of benzene rings is 1. The Hall–Kier alpha value is -0.630. The lowest BCUT2D eigenvalue weighted by Crippen LogP contribution is -2.57. The molecule has 6 heteroatoms. The minimum atomic E-state index is -1.32. The maximum Gasteiger partial charge on any atom is 0.136 e. The third-order valence-corrected chi connectivity index (χ3v) is 4.01. The second-order valence-electron chi connectivity index (χ2n) is 4.13. The van der Waals surface area contributed by atoms with Crippen molar-refractivity contribution in [3.8, 4) is 0 Å². The lowest BCUT2D eigenvalue weighted by molar-refractivity contribution is -0.205. The van der Waals surface area contributed by atoms with E-state index in [-0.39, 0.29) is 0 Å². The van der Waals surface area contributed by atoms with E-state index in [4.69, 9.17) is 9.84 Å². The number of ether oxygens (including phenoxy) is 1. The van der Waals surface area contributed by atoms with Gasteiger partial charge in [0.1, 0.15) is 29.9 Å². The van der Waals surface area contributed by atoms with Gasteiger partial charge in [0, 0.05) is 4.90 Å². The molecule has 1 saturated heterocycles. The average molecular weight is 272 g/mol. The van der Waals surface area contributed by atoms with Crippen molar-refractivity contribution in [2.75, 3.05) is 6.61 Å². The molecule has 4 N–H and O–H groups in total. The molecule has 0 aromatic heterocycles. The first-order chi connectivity index (χ1) is 8.63. The van der Waals surface area contributed by atoms with Gasteiger partial charge in [-0.3, -0.25) is 0 Å². The van der Waals surface area contributed by atoms with Crippen molar-refractivity contribution in [1.29, 1.82) is 0 Å². The van der Waals surface area contributed by atoms with Gasteiger partial charge in [0.25, 0.3) is 0 Å². The summed E-state index contributed by atoms with van der Waals surface area (Å²) in [7, 11) is 0. The number of aliphatic hydroxyl groups is 4.